The van der Waals surface area contributed by atoms with Crippen LogP contribution >= 0.6 is 11.3 Å². The number of hydrogen-bond donors (Lipinski definition) is 2. The number of aromatic nitrogens is 1. The van der Waals surface area contributed by atoms with E-state index in [1.54, 1.807) is 5.38 Å². The van der Waals surface area contributed by atoms with E-state index in [1.807, 2.05) is 37.3 Å². The summed E-state index contributed by atoms with van der Waals surface area (Å²) in [4.78, 5) is 27.4. The smallest absolute Gasteiger partial charge is 0.326 e. The predicted molar refractivity (Wildman–Crippen MR) is 81.3 cm³/mol. The van der Waals surface area contributed by atoms with E-state index in [4.69, 9.17) is 5.11 Å². The van der Waals surface area contributed by atoms with Gasteiger partial charge in [-0.15, -0.1) is 11.3 Å². The van der Waals surface area contributed by atoms with Crippen molar-refractivity contribution in [3.05, 3.63) is 40.7 Å². The Kier molecular flexibility index (Phi) is 5.05. The van der Waals surface area contributed by atoms with Crippen molar-refractivity contribution in [2.75, 3.05) is 0 Å². The summed E-state index contributed by atoms with van der Waals surface area (Å²) in [5, 5.41) is 13.6. The average molecular weight is 304 g/mol. The Labute approximate surface area is 126 Å². The molecule has 2 rings (SSSR count). The van der Waals surface area contributed by atoms with Gasteiger partial charge in [-0.2, -0.15) is 0 Å². The minimum Gasteiger partial charge on any atom is -0.480 e. The Morgan fingerprint density at radius 3 is 2.67 bits per heavy atom. The normalized spacial score (nSPS) is 11.9. The highest BCUT2D eigenvalue weighted by atomic mass is 32.1. The molecule has 1 amide bonds. The molecule has 110 valence electrons. The summed E-state index contributed by atoms with van der Waals surface area (Å²) in [6.45, 7) is 1.87. The fourth-order valence-corrected chi connectivity index (χ4v) is 2.61. The van der Waals surface area contributed by atoms with Gasteiger partial charge in [-0.1, -0.05) is 43.7 Å². The van der Waals surface area contributed by atoms with E-state index in [0.29, 0.717) is 18.5 Å². The van der Waals surface area contributed by atoms with E-state index in [2.05, 4.69) is 10.3 Å². The van der Waals surface area contributed by atoms with Crippen LogP contribution in [0.3, 0.4) is 0 Å². The standard InChI is InChI=1S/C15H16N2O3S/c1-2-6-11(15(19)20)16-13(18)14-17-12(9-21-14)10-7-4-3-5-8-10/h3-5,7-9,11H,2,6H2,1H3,(H,16,18)(H,19,20). The van der Waals surface area contributed by atoms with Gasteiger partial charge < -0.3 is 10.4 Å². The number of nitrogens with zero attached hydrogens (tertiary/aromatic N) is 1. The van der Waals surface area contributed by atoms with Gasteiger partial charge in [-0.25, -0.2) is 9.78 Å². The van der Waals surface area contributed by atoms with E-state index >= 15 is 0 Å². The lowest BCUT2D eigenvalue weighted by Crippen LogP contribution is -2.40. The van der Waals surface area contributed by atoms with Crippen LogP contribution in [-0.2, 0) is 4.79 Å². The van der Waals surface area contributed by atoms with Crippen molar-refractivity contribution in [2.24, 2.45) is 0 Å². The molecule has 2 aromatic rings. The quantitative estimate of drug-likeness (QED) is 0.860. The van der Waals surface area contributed by atoms with Gasteiger partial charge in [0.1, 0.15) is 6.04 Å². The summed E-state index contributed by atoms with van der Waals surface area (Å²) in [7, 11) is 0. The first-order valence-corrected chi connectivity index (χ1v) is 7.54. The average Bonchev–Trinajstić information content (AvgIpc) is 2.97. The molecule has 0 aliphatic rings. The van der Waals surface area contributed by atoms with Gasteiger partial charge in [-0.05, 0) is 6.42 Å². The topological polar surface area (TPSA) is 79.3 Å². The van der Waals surface area contributed by atoms with Gasteiger partial charge in [0.05, 0.1) is 5.69 Å². The molecule has 1 atom stereocenters. The lowest BCUT2D eigenvalue weighted by molar-refractivity contribution is -0.139. The van der Waals surface area contributed by atoms with Crippen molar-refractivity contribution in [3.63, 3.8) is 0 Å². The molecule has 0 spiro atoms. The van der Waals surface area contributed by atoms with E-state index in [0.717, 1.165) is 5.56 Å². The van der Waals surface area contributed by atoms with E-state index in [9.17, 15) is 9.59 Å². The van der Waals surface area contributed by atoms with Crippen molar-refractivity contribution >= 4 is 23.2 Å². The number of thiazole rings is 1. The van der Waals surface area contributed by atoms with Crippen LogP contribution in [0.2, 0.25) is 0 Å². The van der Waals surface area contributed by atoms with Crippen LogP contribution in [0.25, 0.3) is 11.3 Å². The van der Waals surface area contributed by atoms with Gasteiger partial charge in [0.15, 0.2) is 5.01 Å². The number of carbonyl (C=O) groups is 2. The van der Waals surface area contributed by atoms with Crippen LogP contribution in [0.1, 0.15) is 29.6 Å². The first-order chi connectivity index (χ1) is 10.1. The third-order valence-electron chi connectivity index (χ3n) is 2.95. The zero-order chi connectivity index (χ0) is 15.2. The fourth-order valence-electron chi connectivity index (χ4n) is 1.89. The molecule has 6 heteroatoms. The molecule has 1 heterocycles. The Morgan fingerprint density at radius 2 is 2.05 bits per heavy atom. The summed E-state index contributed by atoms with van der Waals surface area (Å²) in [5.74, 6) is -1.46. The second-order valence-corrected chi connectivity index (χ2v) is 5.41. The number of amides is 1. The lowest BCUT2D eigenvalue weighted by atomic mass is 10.1. The Hall–Kier alpha value is -2.21. The molecule has 0 saturated carbocycles. The van der Waals surface area contributed by atoms with Crippen LogP contribution in [-0.4, -0.2) is 28.0 Å². The highest BCUT2D eigenvalue weighted by molar-refractivity contribution is 7.12. The van der Waals surface area contributed by atoms with Crippen LogP contribution in [0.5, 0.6) is 0 Å². The maximum absolute atomic E-state index is 12.1. The molecule has 5 nitrogen and oxygen atoms in total. The number of nitrogens with one attached hydrogen (secondary N) is 1. The zero-order valence-electron chi connectivity index (χ0n) is 11.6. The molecule has 0 saturated heterocycles. The minimum atomic E-state index is -1.02. The van der Waals surface area contributed by atoms with Crippen molar-refractivity contribution < 1.29 is 14.7 Å². The fraction of sp³-hybridized carbons (Fsp3) is 0.267. The highest BCUT2D eigenvalue weighted by Crippen LogP contribution is 2.21. The SMILES string of the molecule is CCCC(NC(=O)c1nc(-c2ccccc2)cs1)C(=O)O. The first kappa shape index (κ1) is 15.2. The molecular weight excluding hydrogens is 288 g/mol. The second kappa shape index (κ2) is 6.99. The van der Waals surface area contributed by atoms with Crippen LogP contribution in [0.4, 0.5) is 0 Å². The lowest BCUT2D eigenvalue weighted by Gasteiger charge is -2.11. The summed E-state index contributed by atoms with van der Waals surface area (Å²) < 4.78 is 0. The third kappa shape index (κ3) is 3.88. The van der Waals surface area contributed by atoms with Crippen molar-refractivity contribution in [1.82, 2.24) is 10.3 Å². The molecule has 1 unspecified atom stereocenters. The Bertz CT molecular complexity index is 625. The number of carboxylic acid groups (broad SMARTS) is 1. The van der Waals surface area contributed by atoms with Crippen LogP contribution in [0, 0.1) is 0 Å². The molecule has 2 N–H and O–H groups in total. The number of benzene rings is 1. The number of carbonyl (C=O) groups excluding carboxylic acids is 1. The third-order valence-corrected chi connectivity index (χ3v) is 3.79. The van der Waals surface area contributed by atoms with Gasteiger partial charge in [0.25, 0.3) is 5.91 Å². The first-order valence-electron chi connectivity index (χ1n) is 6.66. The highest BCUT2D eigenvalue weighted by Gasteiger charge is 2.21. The summed E-state index contributed by atoms with van der Waals surface area (Å²) in [5.41, 5.74) is 1.64. The van der Waals surface area contributed by atoms with Gasteiger partial charge in [-0.3, -0.25) is 4.79 Å². The monoisotopic (exact) mass is 304 g/mol. The summed E-state index contributed by atoms with van der Waals surface area (Å²) in [6, 6.07) is 8.66. The summed E-state index contributed by atoms with van der Waals surface area (Å²) >= 11 is 1.21. The number of aliphatic carboxylic acids is 1. The summed E-state index contributed by atoms with van der Waals surface area (Å²) in [6.07, 6.45) is 1.09. The van der Waals surface area contributed by atoms with E-state index < -0.39 is 17.9 Å². The molecule has 0 aliphatic carbocycles. The second-order valence-electron chi connectivity index (χ2n) is 4.56. The molecule has 0 aliphatic heterocycles. The van der Waals surface area contributed by atoms with Gasteiger partial charge in [0.2, 0.25) is 0 Å². The maximum Gasteiger partial charge on any atom is 0.326 e. The molecule has 1 aromatic carbocycles. The molecule has 0 bridgehead atoms. The van der Waals surface area contributed by atoms with E-state index in [-0.39, 0.29) is 5.01 Å². The maximum atomic E-state index is 12.1. The number of rotatable bonds is 6. The largest absolute Gasteiger partial charge is 0.480 e. The van der Waals surface area contributed by atoms with Crippen molar-refractivity contribution in [3.8, 4) is 11.3 Å². The molecule has 0 fully saturated rings. The molecule has 0 radical (unpaired) electrons. The predicted octanol–water partition coefficient (Wildman–Crippen LogP) is 2.79. The van der Waals surface area contributed by atoms with Crippen molar-refractivity contribution in [2.45, 2.75) is 25.8 Å². The van der Waals surface area contributed by atoms with Crippen LogP contribution < -0.4 is 5.32 Å². The van der Waals surface area contributed by atoms with E-state index in [1.165, 1.54) is 11.3 Å². The zero-order valence-corrected chi connectivity index (χ0v) is 12.4. The molecular formula is C15H16N2O3S. The molecule has 1 aromatic heterocycles. The Balaban J connectivity index is 2.10. The van der Waals surface area contributed by atoms with Gasteiger partial charge in [0, 0.05) is 10.9 Å². The van der Waals surface area contributed by atoms with Gasteiger partial charge >= 0.3 is 5.97 Å². The minimum absolute atomic E-state index is 0.274. The van der Waals surface area contributed by atoms with Crippen LogP contribution in [0.15, 0.2) is 35.7 Å². The number of carboxylic acids is 1. The number of hydrogen-bond acceptors (Lipinski definition) is 4. The molecule has 21 heavy (non-hydrogen) atoms. The van der Waals surface area contributed by atoms with Crippen molar-refractivity contribution in [1.29, 1.82) is 0 Å². The Morgan fingerprint density at radius 1 is 1.33 bits per heavy atom.